The summed E-state index contributed by atoms with van der Waals surface area (Å²) in [6.07, 6.45) is 1.18. The van der Waals surface area contributed by atoms with Gasteiger partial charge in [0.05, 0.1) is 11.0 Å². The first-order chi connectivity index (χ1) is 14.3. The van der Waals surface area contributed by atoms with E-state index in [0.717, 1.165) is 11.2 Å². The SMILES string of the molecule is CC(C)c1cccc2cc(C(C)(C)C)n3c4cc5c(cc4nc3c12)C(C)(C)CC5(C)C. The quantitative estimate of drug-likeness (QED) is 0.309. The summed E-state index contributed by atoms with van der Waals surface area (Å²) in [5.74, 6) is 0.454. The molecule has 0 N–H and O–H groups in total. The van der Waals surface area contributed by atoms with E-state index in [1.807, 2.05) is 0 Å². The average Bonchev–Trinajstić information content (AvgIpc) is 3.10. The fourth-order valence-electron chi connectivity index (χ4n) is 6.16. The van der Waals surface area contributed by atoms with Gasteiger partial charge >= 0.3 is 0 Å². The molecule has 0 aliphatic heterocycles. The molecule has 5 rings (SSSR count). The van der Waals surface area contributed by atoms with Crippen LogP contribution in [0.4, 0.5) is 0 Å². The molecule has 2 nitrogen and oxygen atoms in total. The molecule has 2 aromatic heterocycles. The van der Waals surface area contributed by atoms with Crippen molar-refractivity contribution in [2.24, 2.45) is 0 Å². The van der Waals surface area contributed by atoms with E-state index < -0.39 is 0 Å². The molecule has 0 bridgehead atoms. The lowest BCUT2D eigenvalue weighted by Crippen LogP contribution is -2.18. The Morgan fingerprint density at radius 1 is 0.935 bits per heavy atom. The van der Waals surface area contributed by atoms with E-state index in [-0.39, 0.29) is 16.2 Å². The van der Waals surface area contributed by atoms with Crippen LogP contribution in [0.15, 0.2) is 36.4 Å². The fraction of sp³-hybridized carbons (Fsp3) is 0.483. The molecule has 2 heteroatoms. The first-order valence-corrected chi connectivity index (χ1v) is 11.7. The van der Waals surface area contributed by atoms with Crippen LogP contribution in [0.5, 0.6) is 0 Å². The lowest BCUT2D eigenvalue weighted by molar-refractivity contribution is 0.403. The second-order valence-electron chi connectivity index (χ2n) is 12.3. The lowest BCUT2D eigenvalue weighted by Gasteiger charge is -2.24. The van der Waals surface area contributed by atoms with Crippen molar-refractivity contribution in [3.05, 3.63) is 58.8 Å². The van der Waals surface area contributed by atoms with Crippen LogP contribution in [0.25, 0.3) is 27.5 Å². The molecular weight excluding hydrogens is 376 g/mol. The molecule has 162 valence electrons. The first kappa shape index (κ1) is 20.5. The van der Waals surface area contributed by atoms with Gasteiger partial charge in [0.2, 0.25) is 0 Å². The van der Waals surface area contributed by atoms with Crippen LogP contribution in [-0.4, -0.2) is 9.38 Å². The van der Waals surface area contributed by atoms with Crippen molar-refractivity contribution >= 4 is 27.5 Å². The van der Waals surface area contributed by atoms with Gasteiger partial charge in [-0.25, -0.2) is 4.98 Å². The number of rotatable bonds is 1. The van der Waals surface area contributed by atoms with Crippen LogP contribution in [0.1, 0.15) is 97.0 Å². The zero-order valence-corrected chi connectivity index (χ0v) is 20.6. The molecule has 1 aliphatic carbocycles. The number of hydrogen-bond acceptors (Lipinski definition) is 1. The Hall–Kier alpha value is -2.35. The van der Waals surface area contributed by atoms with Gasteiger partial charge in [0.15, 0.2) is 0 Å². The molecule has 0 fully saturated rings. The molecule has 0 unspecified atom stereocenters. The summed E-state index contributed by atoms with van der Waals surface area (Å²) >= 11 is 0. The Morgan fingerprint density at radius 3 is 2.19 bits per heavy atom. The highest BCUT2D eigenvalue weighted by atomic mass is 15.0. The summed E-state index contributed by atoms with van der Waals surface area (Å²) in [4.78, 5) is 5.31. The number of benzene rings is 2. The number of nitrogens with zero attached hydrogens (tertiary/aromatic N) is 2. The molecule has 1 aliphatic rings. The predicted octanol–water partition coefficient (Wildman–Crippen LogP) is 8.02. The molecule has 31 heavy (non-hydrogen) atoms. The Balaban J connectivity index is 2.02. The van der Waals surface area contributed by atoms with Gasteiger partial charge in [-0.2, -0.15) is 0 Å². The van der Waals surface area contributed by atoms with Crippen molar-refractivity contribution in [2.75, 3.05) is 0 Å². The zero-order chi connectivity index (χ0) is 22.5. The Morgan fingerprint density at radius 2 is 1.58 bits per heavy atom. The number of aromatic nitrogens is 2. The summed E-state index contributed by atoms with van der Waals surface area (Å²) in [7, 11) is 0. The van der Waals surface area contributed by atoms with Gasteiger partial charge in [-0.05, 0) is 63.4 Å². The van der Waals surface area contributed by atoms with Crippen LogP contribution in [-0.2, 0) is 16.2 Å². The summed E-state index contributed by atoms with van der Waals surface area (Å²) in [6.45, 7) is 21.1. The topological polar surface area (TPSA) is 17.3 Å². The van der Waals surface area contributed by atoms with Crippen LogP contribution in [0.2, 0.25) is 0 Å². The fourth-order valence-corrected chi connectivity index (χ4v) is 6.16. The predicted molar refractivity (Wildman–Crippen MR) is 134 cm³/mol. The van der Waals surface area contributed by atoms with Gasteiger partial charge in [0, 0.05) is 16.5 Å². The molecule has 2 aromatic carbocycles. The molecule has 0 radical (unpaired) electrons. The Bertz CT molecular complexity index is 1360. The van der Waals surface area contributed by atoms with E-state index in [1.165, 1.54) is 45.1 Å². The van der Waals surface area contributed by atoms with Crippen molar-refractivity contribution in [1.82, 2.24) is 9.38 Å². The maximum absolute atomic E-state index is 5.31. The van der Waals surface area contributed by atoms with Gasteiger partial charge in [-0.3, -0.25) is 4.40 Å². The summed E-state index contributed by atoms with van der Waals surface area (Å²) in [5.41, 5.74) is 9.54. The van der Waals surface area contributed by atoms with Gasteiger partial charge in [-0.1, -0.05) is 80.5 Å². The summed E-state index contributed by atoms with van der Waals surface area (Å²) < 4.78 is 2.46. The van der Waals surface area contributed by atoms with Crippen molar-refractivity contribution in [1.29, 1.82) is 0 Å². The maximum Gasteiger partial charge on any atom is 0.146 e. The summed E-state index contributed by atoms with van der Waals surface area (Å²) in [5, 5.41) is 2.60. The van der Waals surface area contributed by atoms with Gasteiger partial charge in [-0.15, -0.1) is 0 Å². The molecule has 4 aromatic rings. The molecule has 0 amide bonds. The van der Waals surface area contributed by atoms with Crippen LogP contribution in [0.3, 0.4) is 0 Å². The van der Waals surface area contributed by atoms with Crippen molar-refractivity contribution in [2.45, 2.75) is 90.9 Å². The maximum atomic E-state index is 5.31. The van der Waals surface area contributed by atoms with E-state index in [4.69, 9.17) is 4.98 Å². The molecule has 2 heterocycles. The van der Waals surface area contributed by atoms with E-state index in [1.54, 1.807) is 0 Å². The standard InChI is InChI=1S/C29H36N2/c1-17(2)19-12-10-11-18-13-24(27(3,4)5)31-23-15-21-20(28(6,7)16-29(21,8)9)14-22(23)30-26(31)25(18)19/h10-15,17H,16H2,1-9H3. The minimum Gasteiger partial charge on any atom is -0.296 e. The average molecular weight is 413 g/mol. The second-order valence-corrected chi connectivity index (χ2v) is 12.3. The minimum atomic E-state index is 0.0156. The van der Waals surface area contributed by atoms with Crippen LogP contribution in [0, 0.1) is 0 Å². The molecular formula is C29H36N2. The van der Waals surface area contributed by atoms with Gasteiger partial charge in [0.1, 0.15) is 5.65 Å². The van der Waals surface area contributed by atoms with E-state index in [9.17, 15) is 0 Å². The second kappa shape index (κ2) is 6.12. The van der Waals surface area contributed by atoms with E-state index >= 15 is 0 Å². The van der Waals surface area contributed by atoms with Crippen molar-refractivity contribution in [3.63, 3.8) is 0 Å². The Labute approximate surface area is 186 Å². The van der Waals surface area contributed by atoms with Crippen molar-refractivity contribution < 1.29 is 0 Å². The monoisotopic (exact) mass is 412 g/mol. The molecule has 0 spiro atoms. The lowest BCUT2D eigenvalue weighted by atomic mass is 9.82. The highest BCUT2D eigenvalue weighted by Crippen LogP contribution is 2.50. The summed E-state index contributed by atoms with van der Waals surface area (Å²) in [6, 6.07) is 14.0. The largest absolute Gasteiger partial charge is 0.296 e. The highest BCUT2D eigenvalue weighted by molar-refractivity contribution is 6.01. The Kier molecular flexibility index (Phi) is 4.06. The van der Waals surface area contributed by atoms with Gasteiger partial charge < -0.3 is 0 Å². The first-order valence-electron chi connectivity index (χ1n) is 11.7. The molecule has 0 atom stereocenters. The van der Waals surface area contributed by atoms with Gasteiger partial charge in [0.25, 0.3) is 0 Å². The highest BCUT2D eigenvalue weighted by Gasteiger charge is 2.42. The number of imidazole rings is 1. The number of pyridine rings is 1. The number of fused-ring (bicyclic) bond motifs is 6. The van der Waals surface area contributed by atoms with Crippen molar-refractivity contribution in [3.8, 4) is 0 Å². The third-order valence-corrected chi connectivity index (χ3v) is 7.41. The third kappa shape index (κ3) is 2.87. The smallest absolute Gasteiger partial charge is 0.146 e. The van der Waals surface area contributed by atoms with Crippen LogP contribution >= 0.6 is 0 Å². The van der Waals surface area contributed by atoms with E-state index in [2.05, 4.69) is 103 Å². The minimum absolute atomic E-state index is 0.0156. The number of hydrogen-bond donors (Lipinski definition) is 0. The molecule has 0 saturated carbocycles. The zero-order valence-electron chi connectivity index (χ0n) is 20.6. The normalized spacial score (nSPS) is 17.9. The van der Waals surface area contributed by atoms with E-state index in [0.29, 0.717) is 5.92 Å². The molecule has 0 saturated heterocycles. The third-order valence-electron chi connectivity index (χ3n) is 7.41. The van der Waals surface area contributed by atoms with Crippen LogP contribution < -0.4 is 0 Å².